The van der Waals surface area contributed by atoms with Crippen LogP contribution in [0.2, 0.25) is 5.02 Å². The number of halogens is 1. The molecule has 0 saturated heterocycles. The van der Waals surface area contributed by atoms with E-state index in [4.69, 9.17) is 20.8 Å². The highest BCUT2D eigenvalue weighted by Crippen LogP contribution is 2.27. The van der Waals surface area contributed by atoms with E-state index in [0.717, 1.165) is 0 Å². The number of benzene rings is 1. The predicted molar refractivity (Wildman–Crippen MR) is 80.5 cm³/mol. The van der Waals surface area contributed by atoms with Crippen molar-refractivity contribution in [2.24, 2.45) is 0 Å². The monoisotopic (exact) mass is 338 g/mol. The molecule has 0 aliphatic carbocycles. The molecule has 0 atom stereocenters. The van der Waals surface area contributed by atoms with Crippen LogP contribution in [-0.2, 0) is 9.53 Å². The van der Waals surface area contributed by atoms with E-state index >= 15 is 0 Å². The number of carbonyl (C=O) groups is 2. The fourth-order valence-corrected chi connectivity index (χ4v) is 1.93. The lowest BCUT2D eigenvalue weighted by Crippen LogP contribution is -2.21. The average molecular weight is 339 g/mol. The molecule has 0 aliphatic heterocycles. The molecular weight excluding hydrogens is 328 g/mol. The lowest BCUT2D eigenvalue weighted by atomic mass is 10.2. The number of nitro groups is 1. The molecule has 23 heavy (non-hydrogen) atoms. The van der Waals surface area contributed by atoms with Crippen LogP contribution in [0.3, 0.4) is 0 Å². The van der Waals surface area contributed by atoms with E-state index in [9.17, 15) is 19.7 Å². The van der Waals surface area contributed by atoms with E-state index in [-0.39, 0.29) is 22.0 Å². The van der Waals surface area contributed by atoms with Gasteiger partial charge in [0.15, 0.2) is 6.61 Å². The van der Waals surface area contributed by atoms with Crippen LogP contribution in [0.15, 0.2) is 34.9 Å². The number of rotatable bonds is 5. The van der Waals surface area contributed by atoms with Crippen molar-refractivity contribution < 1.29 is 23.7 Å². The van der Waals surface area contributed by atoms with Crippen LogP contribution >= 0.6 is 11.6 Å². The molecule has 1 aromatic carbocycles. The lowest BCUT2D eigenvalue weighted by molar-refractivity contribution is -0.383. The lowest BCUT2D eigenvalue weighted by Gasteiger charge is -2.07. The number of esters is 1. The van der Waals surface area contributed by atoms with Crippen LogP contribution in [0, 0.1) is 17.0 Å². The van der Waals surface area contributed by atoms with Gasteiger partial charge in [0.25, 0.3) is 11.6 Å². The molecule has 0 bridgehead atoms. The third kappa shape index (κ3) is 4.07. The van der Waals surface area contributed by atoms with E-state index < -0.39 is 23.4 Å². The summed E-state index contributed by atoms with van der Waals surface area (Å²) in [5, 5.41) is 13.4. The molecule has 8 nitrogen and oxygen atoms in total. The average Bonchev–Trinajstić information content (AvgIpc) is 2.90. The Morgan fingerprint density at radius 3 is 2.74 bits per heavy atom. The molecule has 2 aromatic rings. The summed E-state index contributed by atoms with van der Waals surface area (Å²) in [6.45, 7) is 0.971. The molecule has 1 N–H and O–H groups in total. The summed E-state index contributed by atoms with van der Waals surface area (Å²) in [5.41, 5.74) is -0.200. The van der Waals surface area contributed by atoms with Crippen molar-refractivity contribution in [2.45, 2.75) is 6.92 Å². The maximum atomic E-state index is 11.8. The first kappa shape index (κ1) is 16.5. The van der Waals surface area contributed by atoms with Crippen LogP contribution in [0.1, 0.15) is 16.1 Å². The molecular formula is C14H11ClN2O6. The van der Waals surface area contributed by atoms with Gasteiger partial charge in [-0.05, 0) is 25.1 Å². The van der Waals surface area contributed by atoms with Gasteiger partial charge >= 0.3 is 5.97 Å². The highest BCUT2D eigenvalue weighted by atomic mass is 35.5. The zero-order chi connectivity index (χ0) is 17.0. The Labute approximate surface area is 135 Å². The topological polar surface area (TPSA) is 112 Å². The van der Waals surface area contributed by atoms with Gasteiger partial charge < -0.3 is 14.5 Å². The number of aryl methyl sites for hydroxylation is 1. The molecule has 0 spiro atoms. The summed E-state index contributed by atoms with van der Waals surface area (Å²) in [7, 11) is 0. The first-order valence-corrected chi connectivity index (χ1v) is 6.71. The molecule has 0 fully saturated rings. The number of ether oxygens (including phenoxy) is 1. The van der Waals surface area contributed by atoms with Crippen molar-refractivity contribution >= 4 is 34.9 Å². The van der Waals surface area contributed by atoms with Gasteiger partial charge in [-0.2, -0.15) is 0 Å². The van der Waals surface area contributed by atoms with Crippen LogP contribution in [0.25, 0.3) is 0 Å². The SMILES string of the molecule is Cc1occc1C(=O)OCC(=O)Nc1cc(Cl)ccc1[N+](=O)[O-]. The third-order valence-corrected chi connectivity index (χ3v) is 3.08. The number of carbonyl (C=O) groups excluding carboxylic acids is 2. The second kappa shape index (κ2) is 6.93. The maximum Gasteiger partial charge on any atom is 0.342 e. The second-order valence-electron chi connectivity index (χ2n) is 4.43. The normalized spacial score (nSPS) is 10.2. The molecule has 0 saturated carbocycles. The molecule has 0 radical (unpaired) electrons. The number of nitro benzene ring substituents is 1. The van der Waals surface area contributed by atoms with E-state index in [2.05, 4.69) is 5.32 Å². The van der Waals surface area contributed by atoms with Crippen molar-refractivity contribution in [3.05, 3.63) is 57.0 Å². The van der Waals surface area contributed by atoms with Gasteiger partial charge in [0, 0.05) is 11.1 Å². The molecule has 0 aliphatic rings. The zero-order valence-corrected chi connectivity index (χ0v) is 12.6. The molecule has 2 rings (SSSR count). The largest absolute Gasteiger partial charge is 0.469 e. The van der Waals surface area contributed by atoms with Crippen molar-refractivity contribution in [2.75, 3.05) is 11.9 Å². The van der Waals surface area contributed by atoms with Gasteiger partial charge in [-0.15, -0.1) is 0 Å². The zero-order valence-electron chi connectivity index (χ0n) is 11.9. The molecule has 1 heterocycles. The minimum absolute atomic E-state index is 0.0805. The van der Waals surface area contributed by atoms with Gasteiger partial charge in [0.2, 0.25) is 0 Å². The van der Waals surface area contributed by atoms with E-state index in [1.165, 1.54) is 30.5 Å². The summed E-state index contributed by atoms with van der Waals surface area (Å²) >= 11 is 5.75. The number of nitrogens with zero attached hydrogens (tertiary/aromatic N) is 1. The Kier molecular flexibility index (Phi) is 4.97. The van der Waals surface area contributed by atoms with Crippen molar-refractivity contribution in [1.82, 2.24) is 0 Å². The van der Waals surface area contributed by atoms with Gasteiger partial charge in [-0.25, -0.2) is 4.79 Å². The maximum absolute atomic E-state index is 11.8. The van der Waals surface area contributed by atoms with E-state index in [1.807, 2.05) is 0 Å². The molecule has 0 unspecified atom stereocenters. The van der Waals surface area contributed by atoms with E-state index in [1.54, 1.807) is 6.92 Å². The Hall–Kier alpha value is -2.87. The molecule has 9 heteroatoms. The minimum atomic E-state index is -0.732. The Morgan fingerprint density at radius 2 is 2.13 bits per heavy atom. The minimum Gasteiger partial charge on any atom is -0.469 e. The number of nitrogens with one attached hydrogen (secondary N) is 1. The highest BCUT2D eigenvalue weighted by molar-refractivity contribution is 6.31. The van der Waals surface area contributed by atoms with Crippen LogP contribution < -0.4 is 5.32 Å². The standard InChI is InChI=1S/C14H11ClN2O6/c1-8-10(4-5-22-8)14(19)23-7-13(18)16-11-6-9(15)2-3-12(11)17(20)21/h2-6H,7H2,1H3,(H,16,18). The number of furan rings is 1. The second-order valence-corrected chi connectivity index (χ2v) is 4.87. The Morgan fingerprint density at radius 1 is 1.39 bits per heavy atom. The molecule has 120 valence electrons. The van der Waals surface area contributed by atoms with Crippen molar-refractivity contribution in [3.63, 3.8) is 0 Å². The third-order valence-electron chi connectivity index (χ3n) is 2.84. The van der Waals surface area contributed by atoms with Crippen molar-refractivity contribution in [1.29, 1.82) is 0 Å². The fourth-order valence-electron chi connectivity index (χ4n) is 1.76. The number of anilines is 1. The summed E-state index contributed by atoms with van der Waals surface area (Å²) in [4.78, 5) is 33.7. The van der Waals surface area contributed by atoms with Crippen LogP contribution in [0.5, 0.6) is 0 Å². The van der Waals surface area contributed by atoms with Gasteiger partial charge in [0.05, 0.1) is 11.2 Å². The fraction of sp³-hybridized carbons (Fsp3) is 0.143. The van der Waals surface area contributed by atoms with Crippen LogP contribution in [0.4, 0.5) is 11.4 Å². The van der Waals surface area contributed by atoms with Crippen LogP contribution in [-0.4, -0.2) is 23.4 Å². The number of hydrogen-bond donors (Lipinski definition) is 1. The molecule has 1 amide bonds. The predicted octanol–water partition coefficient (Wildman–Crippen LogP) is 2.95. The molecule has 1 aromatic heterocycles. The van der Waals surface area contributed by atoms with Gasteiger partial charge in [-0.3, -0.25) is 14.9 Å². The van der Waals surface area contributed by atoms with Gasteiger partial charge in [-0.1, -0.05) is 11.6 Å². The first-order chi connectivity index (χ1) is 10.9. The Bertz CT molecular complexity index is 770. The van der Waals surface area contributed by atoms with Crippen molar-refractivity contribution in [3.8, 4) is 0 Å². The van der Waals surface area contributed by atoms with E-state index in [0.29, 0.717) is 5.76 Å². The number of amides is 1. The summed E-state index contributed by atoms with van der Waals surface area (Å²) in [6, 6.07) is 5.15. The first-order valence-electron chi connectivity index (χ1n) is 6.33. The Balaban J connectivity index is 2.00. The smallest absolute Gasteiger partial charge is 0.342 e. The van der Waals surface area contributed by atoms with Gasteiger partial charge in [0.1, 0.15) is 17.0 Å². The quantitative estimate of drug-likeness (QED) is 0.509. The highest BCUT2D eigenvalue weighted by Gasteiger charge is 2.18. The number of hydrogen-bond acceptors (Lipinski definition) is 6. The summed E-state index contributed by atoms with van der Waals surface area (Å²) < 4.78 is 9.77. The summed E-state index contributed by atoms with van der Waals surface area (Å²) in [5.74, 6) is -1.10. The summed E-state index contributed by atoms with van der Waals surface area (Å²) in [6.07, 6.45) is 1.32.